The van der Waals surface area contributed by atoms with E-state index in [4.69, 9.17) is 0 Å². The van der Waals surface area contributed by atoms with Gasteiger partial charge in [0.1, 0.15) is 5.75 Å². The number of hydrogen-bond acceptors (Lipinski definition) is 5. The Morgan fingerprint density at radius 3 is 2.57 bits per heavy atom. The van der Waals surface area contributed by atoms with Crippen molar-refractivity contribution in [2.24, 2.45) is 4.99 Å². The number of amides is 1. The zero-order chi connectivity index (χ0) is 14.7. The van der Waals surface area contributed by atoms with Crippen LogP contribution in [0, 0.1) is 0 Å². The molecule has 1 saturated heterocycles. The van der Waals surface area contributed by atoms with E-state index in [-0.39, 0.29) is 11.7 Å². The number of aliphatic imine (C=N–C) groups is 1. The molecule has 2 N–H and O–H groups in total. The highest BCUT2D eigenvalue weighted by Gasteiger charge is 2.23. The quantitative estimate of drug-likeness (QED) is 0.836. The Kier molecular flexibility index (Phi) is 3.70. The number of amidine groups is 1. The molecule has 1 aliphatic heterocycles. The molecule has 0 bridgehead atoms. The molecule has 0 atom stereocenters. The molecule has 0 spiro atoms. The first-order chi connectivity index (χ1) is 10.2. The van der Waals surface area contributed by atoms with Gasteiger partial charge in [0, 0.05) is 12.4 Å². The number of carbonyl (C=O) groups excluding carboxylic acids is 1. The molecule has 5 nitrogen and oxygen atoms in total. The summed E-state index contributed by atoms with van der Waals surface area (Å²) in [5, 5.41) is 12.5. The SMILES string of the molecule is O=C1NC(=Nc2ccc(O)cc2)S/C1=C\c1ccncc1. The molecule has 3 rings (SSSR count). The van der Waals surface area contributed by atoms with Gasteiger partial charge < -0.3 is 10.4 Å². The first-order valence-electron chi connectivity index (χ1n) is 6.19. The van der Waals surface area contributed by atoms with Gasteiger partial charge in [-0.2, -0.15) is 0 Å². The number of hydrogen-bond donors (Lipinski definition) is 2. The highest BCUT2D eigenvalue weighted by atomic mass is 32.2. The van der Waals surface area contributed by atoms with Crippen molar-refractivity contribution in [2.75, 3.05) is 0 Å². The van der Waals surface area contributed by atoms with Gasteiger partial charge in [0.2, 0.25) is 0 Å². The molecule has 21 heavy (non-hydrogen) atoms. The van der Waals surface area contributed by atoms with Crippen molar-refractivity contribution in [3.63, 3.8) is 0 Å². The molecule has 2 aromatic rings. The van der Waals surface area contributed by atoms with Crippen LogP contribution in [0.3, 0.4) is 0 Å². The van der Waals surface area contributed by atoms with Gasteiger partial charge in [-0.25, -0.2) is 4.99 Å². The van der Waals surface area contributed by atoms with Gasteiger partial charge >= 0.3 is 0 Å². The third-order valence-electron chi connectivity index (χ3n) is 2.74. The van der Waals surface area contributed by atoms with Gasteiger partial charge in [-0.1, -0.05) is 0 Å². The number of phenols is 1. The third-order valence-corrected chi connectivity index (χ3v) is 3.64. The number of pyridine rings is 1. The van der Waals surface area contributed by atoms with Crippen LogP contribution in [-0.2, 0) is 4.79 Å². The Balaban J connectivity index is 1.81. The van der Waals surface area contributed by atoms with Crippen LogP contribution in [0.25, 0.3) is 6.08 Å². The molecular formula is C15H11N3O2S. The molecule has 6 heteroatoms. The fourth-order valence-electron chi connectivity index (χ4n) is 1.74. The Morgan fingerprint density at radius 2 is 1.86 bits per heavy atom. The van der Waals surface area contributed by atoms with E-state index in [0.29, 0.717) is 15.8 Å². The topological polar surface area (TPSA) is 74.6 Å². The maximum absolute atomic E-state index is 11.9. The molecule has 2 heterocycles. The maximum atomic E-state index is 11.9. The molecule has 0 saturated carbocycles. The number of rotatable bonds is 2. The van der Waals surface area contributed by atoms with Gasteiger partial charge in [0.05, 0.1) is 10.6 Å². The molecule has 1 aromatic carbocycles. The Hall–Kier alpha value is -2.60. The average molecular weight is 297 g/mol. The zero-order valence-electron chi connectivity index (χ0n) is 10.9. The second-order valence-corrected chi connectivity index (χ2v) is 5.31. The summed E-state index contributed by atoms with van der Waals surface area (Å²) in [6.07, 6.45) is 5.14. The lowest BCUT2D eigenvalue weighted by atomic mass is 10.2. The first kappa shape index (κ1) is 13.4. The summed E-state index contributed by atoms with van der Waals surface area (Å²) in [4.78, 5) is 20.7. The molecule has 0 aliphatic carbocycles. The van der Waals surface area contributed by atoms with Crippen LogP contribution in [0.1, 0.15) is 5.56 Å². The van der Waals surface area contributed by atoms with Gasteiger partial charge in [-0.05, 0) is 59.8 Å². The van der Waals surface area contributed by atoms with Crippen molar-refractivity contribution in [3.8, 4) is 5.75 Å². The molecule has 0 unspecified atom stereocenters. The van der Waals surface area contributed by atoms with Crippen LogP contribution in [0.2, 0.25) is 0 Å². The molecule has 1 fully saturated rings. The molecular weight excluding hydrogens is 286 g/mol. The number of aromatic nitrogens is 1. The van der Waals surface area contributed by atoms with Gasteiger partial charge in [-0.15, -0.1) is 0 Å². The molecule has 1 aliphatic rings. The lowest BCUT2D eigenvalue weighted by molar-refractivity contribution is -0.115. The Morgan fingerprint density at radius 1 is 1.14 bits per heavy atom. The zero-order valence-corrected chi connectivity index (χ0v) is 11.7. The number of thioether (sulfide) groups is 1. The smallest absolute Gasteiger partial charge is 0.264 e. The van der Waals surface area contributed by atoms with E-state index in [1.54, 1.807) is 42.7 Å². The number of aromatic hydroxyl groups is 1. The van der Waals surface area contributed by atoms with Gasteiger partial charge in [-0.3, -0.25) is 9.78 Å². The van der Waals surface area contributed by atoms with Crippen LogP contribution >= 0.6 is 11.8 Å². The van der Waals surface area contributed by atoms with E-state index in [2.05, 4.69) is 15.3 Å². The Bertz CT molecular complexity index is 724. The van der Waals surface area contributed by atoms with E-state index in [1.165, 1.54) is 11.8 Å². The minimum Gasteiger partial charge on any atom is -0.508 e. The predicted octanol–water partition coefficient (Wildman–Crippen LogP) is 2.68. The lowest BCUT2D eigenvalue weighted by Gasteiger charge is -1.96. The van der Waals surface area contributed by atoms with Crippen molar-refractivity contribution >= 4 is 34.6 Å². The minimum absolute atomic E-state index is 0.172. The first-order valence-corrected chi connectivity index (χ1v) is 7.01. The number of nitrogens with zero attached hydrogens (tertiary/aromatic N) is 2. The maximum Gasteiger partial charge on any atom is 0.264 e. The van der Waals surface area contributed by atoms with Crippen LogP contribution in [0.4, 0.5) is 5.69 Å². The summed E-state index contributed by atoms with van der Waals surface area (Å²) in [5.41, 5.74) is 1.58. The van der Waals surface area contributed by atoms with Crippen LogP contribution in [0.15, 0.2) is 58.7 Å². The van der Waals surface area contributed by atoms with E-state index in [1.807, 2.05) is 12.1 Å². The standard InChI is InChI=1S/C15H11N3O2S/c19-12-3-1-11(2-4-12)17-15-18-14(20)13(21-15)9-10-5-7-16-8-6-10/h1-9,19H,(H,17,18,20)/b13-9-. The summed E-state index contributed by atoms with van der Waals surface area (Å²) in [6, 6.07) is 10.1. The predicted molar refractivity (Wildman–Crippen MR) is 83.1 cm³/mol. The average Bonchev–Trinajstić information content (AvgIpc) is 2.82. The highest BCUT2D eigenvalue weighted by Crippen LogP contribution is 2.28. The second-order valence-electron chi connectivity index (χ2n) is 4.28. The summed E-state index contributed by atoms with van der Waals surface area (Å²) in [5.74, 6) is 0.00896. The second kappa shape index (κ2) is 5.80. The molecule has 1 amide bonds. The Labute approximate surface area is 125 Å². The molecule has 104 valence electrons. The number of phenolic OH excluding ortho intramolecular Hbond substituents is 1. The van der Waals surface area contributed by atoms with E-state index in [0.717, 1.165) is 5.56 Å². The van der Waals surface area contributed by atoms with Crippen molar-refractivity contribution in [2.45, 2.75) is 0 Å². The number of carbonyl (C=O) groups is 1. The molecule has 0 radical (unpaired) electrons. The van der Waals surface area contributed by atoms with E-state index in [9.17, 15) is 9.90 Å². The summed E-state index contributed by atoms with van der Waals surface area (Å²) in [6.45, 7) is 0. The number of benzene rings is 1. The summed E-state index contributed by atoms with van der Waals surface area (Å²) >= 11 is 1.28. The van der Waals surface area contributed by atoms with E-state index >= 15 is 0 Å². The fourth-order valence-corrected chi connectivity index (χ4v) is 2.58. The van der Waals surface area contributed by atoms with Gasteiger partial charge in [0.25, 0.3) is 5.91 Å². The van der Waals surface area contributed by atoms with Crippen LogP contribution in [0.5, 0.6) is 5.75 Å². The van der Waals surface area contributed by atoms with Crippen molar-refractivity contribution in [1.29, 1.82) is 0 Å². The van der Waals surface area contributed by atoms with Crippen molar-refractivity contribution in [3.05, 3.63) is 59.3 Å². The monoisotopic (exact) mass is 297 g/mol. The molecule has 1 aromatic heterocycles. The van der Waals surface area contributed by atoms with Crippen molar-refractivity contribution in [1.82, 2.24) is 10.3 Å². The largest absolute Gasteiger partial charge is 0.508 e. The summed E-state index contributed by atoms with van der Waals surface area (Å²) in [7, 11) is 0. The highest BCUT2D eigenvalue weighted by molar-refractivity contribution is 8.18. The lowest BCUT2D eigenvalue weighted by Crippen LogP contribution is -2.19. The van der Waals surface area contributed by atoms with Crippen LogP contribution < -0.4 is 5.32 Å². The van der Waals surface area contributed by atoms with Crippen molar-refractivity contribution < 1.29 is 9.90 Å². The normalized spacial score (nSPS) is 18.2. The van der Waals surface area contributed by atoms with Crippen LogP contribution in [-0.4, -0.2) is 21.2 Å². The number of nitrogens with one attached hydrogen (secondary N) is 1. The van der Waals surface area contributed by atoms with Gasteiger partial charge in [0.15, 0.2) is 5.17 Å². The minimum atomic E-state index is -0.172. The summed E-state index contributed by atoms with van der Waals surface area (Å²) < 4.78 is 0. The third kappa shape index (κ3) is 3.29. The fraction of sp³-hybridized carbons (Fsp3) is 0. The van der Waals surface area contributed by atoms with E-state index < -0.39 is 0 Å².